The summed E-state index contributed by atoms with van der Waals surface area (Å²) in [4.78, 5) is 10.4. The second-order valence-corrected chi connectivity index (χ2v) is 7.84. The van der Waals surface area contributed by atoms with Crippen LogP contribution in [0.15, 0.2) is 36.7 Å². The minimum absolute atomic E-state index is 0.0278. The topological polar surface area (TPSA) is 72.1 Å². The number of ether oxygens (including phenoxy) is 2. The highest BCUT2D eigenvalue weighted by Crippen LogP contribution is 2.44. The number of halogens is 4. The molecule has 10 heteroatoms. The van der Waals surface area contributed by atoms with E-state index in [0.717, 1.165) is 11.6 Å². The van der Waals surface area contributed by atoms with Gasteiger partial charge < -0.3 is 19.8 Å². The number of fused-ring (bicyclic) bond motifs is 2. The molecule has 6 nitrogen and oxygen atoms in total. The quantitative estimate of drug-likeness (QED) is 0.591. The molecule has 2 aliphatic heterocycles. The Kier molecular flexibility index (Phi) is 4.96. The van der Waals surface area contributed by atoms with Gasteiger partial charge in [0.15, 0.2) is 0 Å². The van der Waals surface area contributed by atoms with Crippen LogP contribution in [0.3, 0.4) is 0 Å². The molecule has 0 bridgehead atoms. The van der Waals surface area contributed by atoms with Crippen molar-refractivity contribution < 1.29 is 27.0 Å². The molecule has 1 saturated heterocycles. The fourth-order valence-corrected chi connectivity index (χ4v) is 4.49. The van der Waals surface area contributed by atoms with E-state index >= 15 is 0 Å². The van der Waals surface area contributed by atoms with Gasteiger partial charge >= 0.3 is 6.18 Å². The van der Waals surface area contributed by atoms with E-state index < -0.39 is 24.1 Å². The van der Waals surface area contributed by atoms with Crippen molar-refractivity contribution in [3.63, 3.8) is 0 Å². The van der Waals surface area contributed by atoms with Crippen molar-refractivity contribution in [1.29, 1.82) is 0 Å². The van der Waals surface area contributed by atoms with E-state index in [2.05, 4.69) is 20.3 Å². The Labute approximate surface area is 175 Å². The van der Waals surface area contributed by atoms with Crippen molar-refractivity contribution >= 4 is 16.9 Å². The van der Waals surface area contributed by atoms with Crippen LogP contribution < -0.4 is 10.1 Å². The number of para-hydroxylation sites is 1. The molecule has 31 heavy (non-hydrogen) atoms. The second kappa shape index (κ2) is 7.67. The Bertz CT molecular complexity index is 1090. The molecule has 4 heterocycles. The maximum Gasteiger partial charge on any atom is 0.431 e. The van der Waals surface area contributed by atoms with E-state index in [1.165, 1.54) is 6.33 Å². The molecule has 1 fully saturated rings. The molecule has 0 aliphatic carbocycles. The van der Waals surface area contributed by atoms with Crippen molar-refractivity contribution in [3.05, 3.63) is 47.9 Å². The number of hydrogen-bond donors (Lipinski definition) is 2. The van der Waals surface area contributed by atoms with Gasteiger partial charge in [0.25, 0.3) is 0 Å². The molecule has 0 radical (unpaired) electrons. The zero-order chi connectivity index (χ0) is 21.6. The number of aromatic nitrogens is 3. The first-order chi connectivity index (χ1) is 14.9. The maximum atomic E-state index is 14.7. The fraction of sp³-hybridized carbons (Fsp3) is 0.429. The highest BCUT2D eigenvalue weighted by atomic mass is 19.4. The van der Waals surface area contributed by atoms with Gasteiger partial charge in [-0.1, -0.05) is 18.2 Å². The van der Waals surface area contributed by atoms with Crippen LogP contribution in [-0.2, 0) is 10.9 Å². The molecule has 3 aromatic rings. The van der Waals surface area contributed by atoms with E-state index in [4.69, 9.17) is 9.47 Å². The first-order valence-electron chi connectivity index (χ1n) is 10.0. The third kappa shape index (κ3) is 3.69. The van der Waals surface area contributed by atoms with E-state index in [9.17, 15) is 17.6 Å². The Morgan fingerprint density at radius 3 is 2.74 bits per heavy atom. The summed E-state index contributed by atoms with van der Waals surface area (Å²) in [6.45, 7) is 0.773. The summed E-state index contributed by atoms with van der Waals surface area (Å²) in [6.07, 6.45) is -3.94. The molecule has 2 unspecified atom stereocenters. The second-order valence-electron chi connectivity index (χ2n) is 7.84. The number of H-pyrrole nitrogens is 1. The fourth-order valence-electron chi connectivity index (χ4n) is 4.49. The van der Waals surface area contributed by atoms with Gasteiger partial charge in [0.2, 0.25) is 0 Å². The Balaban J connectivity index is 1.55. The molecule has 164 valence electrons. The largest absolute Gasteiger partial charge is 0.493 e. The molecule has 0 spiro atoms. The van der Waals surface area contributed by atoms with E-state index in [1.54, 1.807) is 0 Å². The summed E-state index contributed by atoms with van der Waals surface area (Å²) < 4.78 is 65.5. The lowest BCUT2D eigenvalue weighted by Gasteiger charge is -2.41. The SMILES string of the molecule is FC1COCCC1[C@H]1COc2ccccc2[C@@H]1Nc1ncnc2[nH]c(C(F)(F)F)cc12. The lowest BCUT2D eigenvalue weighted by molar-refractivity contribution is -0.140. The number of anilines is 1. The molecule has 1 aromatic carbocycles. The smallest absolute Gasteiger partial charge is 0.431 e. The molecule has 0 amide bonds. The summed E-state index contributed by atoms with van der Waals surface area (Å²) in [6, 6.07) is 7.99. The average molecular weight is 436 g/mol. The van der Waals surface area contributed by atoms with Gasteiger partial charge in [-0.2, -0.15) is 13.2 Å². The summed E-state index contributed by atoms with van der Waals surface area (Å²) in [7, 11) is 0. The molecule has 2 aromatic heterocycles. The van der Waals surface area contributed by atoms with Gasteiger partial charge in [-0.05, 0) is 18.6 Å². The molecule has 4 atom stereocenters. The van der Waals surface area contributed by atoms with Gasteiger partial charge in [-0.15, -0.1) is 0 Å². The highest BCUT2D eigenvalue weighted by Gasteiger charge is 2.42. The maximum absolute atomic E-state index is 14.7. The van der Waals surface area contributed by atoms with E-state index in [-0.39, 0.29) is 41.9 Å². The first-order valence-corrected chi connectivity index (χ1v) is 10.0. The van der Waals surface area contributed by atoms with Crippen molar-refractivity contribution in [3.8, 4) is 5.75 Å². The van der Waals surface area contributed by atoms with Crippen LogP contribution in [0.2, 0.25) is 0 Å². The normalized spacial score (nSPS) is 26.3. The van der Waals surface area contributed by atoms with Crippen LogP contribution in [0.5, 0.6) is 5.75 Å². The van der Waals surface area contributed by atoms with Crippen molar-refractivity contribution in [2.45, 2.75) is 24.8 Å². The highest BCUT2D eigenvalue weighted by molar-refractivity contribution is 5.88. The molecule has 5 rings (SSSR count). The molecule has 0 saturated carbocycles. The van der Waals surface area contributed by atoms with Crippen LogP contribution in [0.4, 0.5) is 23.4 Å². The number of alkyl halides is 4. The van der Waals surface area contributed by atoms with Gasteiger partial charge in [-0.3, -0.25) is 0 Å². The summed E-state index contributed by atoms with van der Waals surface area (Å²) in [5, 5.41) is 3.51. The van der Waals surface area contributed by atoms with E-state index in [1.807, 2.05) is 24.3 Å². The lowest BCUT2D eigenvalue weighted by Crippen LogP contribution is -2.43. The Morgan fingerprint density at radius 2 is 1.94 bits per heavy atom. The van der Waals surface area contributed by atoms with E-state index in [0.29, 0.717) is 18.8 Å². The third-order valence-electron chi connectivity index (χ3n) is 6.02. The Morgan fingerprint density at radius 1 is 1.10 bits per heavy atom. The lowest BCUT2D eigenvalue weighted by atomic mass is 9.77. The third-order valence-corrected chi connectivity index (χ3v) is 6.02. The van der Waals surface area contributed by atoms with Crippen LogP contribution in [0, 0.1) is 11.8 Å². The summed E-state index contributed by atoms with van der Waals surface area (Å²) >= 11 is 0. The van der Waals surface area contributed by atoms with Gasteiger partial charge in [-0.25, -0.2) is 14.4 Å². The zero-order valence-corrected chi connectivity index (χ0v) is 16.3. The predicted molar refractivity (Wildman–Crippen MR) is 105 cm³/mol. The molecule has 2 aliphatic rings. The standard InChI is InChI=1S/C21H20F4N4O2/c22-15-9-30-6-5-11(15)14-8-31-16-4-2-1-3-12(16)18(14)29-20-13-7-17(21(23,24)25)28-19(13)26-10-27-20/h1-4,7,10-11,14-15,18H,5-6,8-9H2,(H2,26,27,28,29)/t11?,14-,15?,18+/m1/s1. The number of benzene rings is 1. The van der Waals surface area contributed by atoms with Crippen molar-refractivity contribution in [1.82, 2.24) is 15.0 Å². The first kappa shape index (κ1) is 20.0. The number of aromatic amines is 1. The predicted octanol–water partition coefficient (Wildman–Crippen LogP) is 4.51. The number of rotatable bonds is 3. The molecular formula is C21H20F4N4O2. The minimum atomic E-state index is -4.53. The summed E-state index contributed by atoms with van der Waals surface area (Å²) in [5.74, 6) is 0.355. The molecule has 2 N–H and O–H groups in total. The van der Waals surface area contributed by atoms with Gasteiger partial charge in [0.05, 0.1) is 24.6 Å². The Hall–Kier alpha value is -2.88. The zero-order valence-electron chi connectivity index (χ0n) is 16.3. The van der Waals surface area contributed by atoms with Crippen LogP contribution in [0.25, 0.3) is 11.0 Å². The number of hydrogen-bond acceptors (Lipinski definition) is 5. The van der Waals surface area contributed by atoms with Crippen molar-refractivity contribution in [2.75, 3.05) is 25.1 Å². The average Bonchev–Trinajstić information content (AvgIpc) is 3.21. The van der Waals surface area contributed by atoms with Crippen LogP contribution in [-0.4, -0.2) is 40.9 Å². The minimum Gasteiger partial charge on any atom is -0.493 e. The number of nitrogens with zero attached hydrogens (tertiary/aromatic N) is 2. The van der Waals surface area contributed by atoms with Crippen molar-refractivity contribution in [2.24, 2.45) is 11.8 Å². The van der Waals surface area contributed by atoms with Crippen LogP contribution in [0.1, 0.15) is 23.7 Å². The van der Waals surface area contributed by atoms with Crippen LogP contribution >= 0.6 is 0 Å². The van der Waals surface area contributed by atoms with Gasteiger partial charge in [0, 0.05) is 24.0 Å². The summed E-state index contributed by atoms with van der Waals surface area (Å²) in [5.41, 5.74) is -0.00447. The van der Waals surface area contributed by atoms with Gasteiger partial charge in [0.1, 0.15) is 35.4 Å². The molecular weight excluding hydrogens is 416 g/mol. The number of nitrogens with one attached hydrogen (secondary N) is 2. The monoisotopic (exact) mass is 436 g/mol.